The van der Waals surface area contributed by atoms with Crippen LogP contribution < -0.4 is 20.2 Å². The van der Waals surface area contributed by atoms with Crippen LogP contribution >= 0.6 is 0 Å². The lowest BCUT2D eigenvalue weighted by Crippen LogP contribution is -2.24. The number of amides is 2. The zero-order chi connectivity index (χ0) is 21.9. The number of ether oxygens (including phenoxy) is 2. The number of hydrazone groups is 1. The van der Waals surface area contributed by atoms with Gasteiger partial charge in [-0.2, -0.15) is 5.10 Å². The molecule has 0 spiro atoms. The number of anilines is 1. The highest BCUT2D eigenvalue weighted by Crippen LogP contribution is 2.22. The number of carbonyl (C=O) groups excluding carboxylic acids is 1. The molecule has 6 nitrogen and oxygen atoms in total. The monoisotopic (exact) mass is 417 g/mol. The molecule has 3 aromatic carbocycles. The molecule has 0 aliphatic rings. The van der Waals surface area contributed by atoms with Gasteiger partial charge in [-0.1, -0.05) is 36.4 Å². The first kappa shape index (κ1) is 21.9. The molecule has 0 bridgehead atoms. The summed E-state index contributed by atoms with van der Waals surface area (Å²) in [6.07, 6.45) is 2.37. The number of rotatable bonds is 9. The maximum atomic E-state index is 11.8. The van der Waals surface area contributed by atoms with E-state index in [4.69, 9.17) is 9.47 Å². The second kappa shape index (κ2) is 11.4. The van der Waals surface area contributed by atoms with Gasteiger partial charge in [0, 0.05) is 12.1 Å². The molecular formula is C25H27N3O3. The van der Waals surface area contributed by atoms with Crippen LogP contribution in [-0.2, 0) is 0 Å². The van der Waals surface area contributed by atoms with Crippen molar-refractivity contribution in [3.63, 3.8) is 0 Å². The first-order valence-electron chi connectivity index (χ1n) is 10.2. The minimum Gasteiger partial charge on any atom is -0.493 e. The Balaban J connectivity index is 1.36. The Morgan fingerprint density at radius 3 is 2.26 bits per heavy atom. The molecule has 2 N–H and O–H groups in total. The fraction of sp³-hybridized carbons (Fsp3) is 0.200. The summed E-state index contributed by atoms with van der Waals surface area (Å²) in [5.74, 6) is 1.73. The van der Waals surface area contributed by atoms with E-state index in [1.54, 1.807) is 18.3 Å². The topological polar surface area (TPSA) is 72.0 Å². The van der Waals surface area contributed by atoms with E-state index in [2.05, 4.69) is 41.8 Å². The lowest BCUT2D eigenvalue weighted by Gasteiger charge is -2.12. The van der Waals surface area contributed by atoms with E-state index < -0.39 is 6.03 Å². The van der Waals surface area contributed by atoms with E-state index in [-0.39, 0.29) is 0 Å². The van der Waals surface area contributed by atoms with Gasteiger partial charge < -0.3 is 14.8 Å². The number of benzene rings is 3. The number of carbonyl (C=O) groups is 1. The van der Waals surface area contributed by atoms with Gasteiger partial charge >= 0.3 is 6.03 Å². The lowest BCUT2D eigenvalue weighted by atomic mass is 10.1. The lowest BCUT2D eigenvalue weighted by molar-refractivity contribution is 0.245. The number of urea groups is 1. The molecule has 0 fully saturated rings. The maximum Gasteiger partial charge on any atom is 0.339 e. The highest BCUT2D eigenvalue weighted by molar-refractivity contribution is 5.90. The quantitative estimate of drug-likeness (QED) is 0.282. The highest BCUT2D eigenvalue weighted by atomic mass is 16.5. The number of aryl methyl sites for hydroxylation is 2. The summed E-state index contributed by atoms with van der Waals surface area (Å²) in [5.41, 5.74) is 6.28. The van der Waals surface area contributed by atoms with E-state index in [1.165, 1.54) is 0 Å². The zero-order valence-electron chi connectivity index (χ0n) is 17.8. The molecule has 0 saturated carbocycles. The molecule has 160 valence electrons. The molecule has 0 heterocycles. The number of nitrogens with one attached hydrogen (secondary N) is 2. The minimum absolute atomic E-state index is 0.398. The first-order valence-corrected chi connectivity index (χ1v) is 10.2. The number of hydrogen-bond acceptors (Lipinski definition) is 4. The Morgan fingerprint density at radius 2 is 1.55 bits per heavy atom. The molecule has 2 amide bonds. The third-order valence-corrected chi connectivity index (χ3v) is 4.50. The normalized spacial score (nSPS) is 10.6. The van der Waals surface area contributed by atoms with Gasteiger partial charge in [-0.25, -0.2) is 10.2 Å². The van der Waals surface area contributed by atoms with Crippen molar-refractivity contribution in [1.82, 2.24) is 5.43 Å². The van der Waals surface area contributed by atoms with Gasteiger partial charge in [0.2, 0.25) is 0 Å². The van der Waals surface area contributed by atoms with Gasteiger partial charge in [-0.15, -0.1) is 0 Å². The summed E-state index contributed by atoms with van der Waals surface area (Å²) >= 11 is 0. The van der Waals surface area contributed by atoms with Gasteiger partial charge in [0.25, 0.3) is 0 Å². The summed E-state index contributed by atoms with van der Waals surface area (Å²) in [4.78, 5) is 11.8. The number of nitrogens with zero attached hydrogens (tertiary/aromatic N) is 1. The van der Waals surface area contributed by atoms with Crippen LogP contribution in [0.5, 0.6) is 11.5 Å². The molecule has 3 rings (SSSR count). The van der Waals surface area contributed by atoms with E-state index >= 15 is 0 Å². The smallest absolute Gasteiger partial charge is 0.339 e. The van der Waals surface area contributed by atoms with Crippen molar-refractivity contribution < 1.29 is 14.3 Å². The average Bonchev–Trinajstić information content (AvgIpc) is 2.77. The predicted molar refractivity (Wildman–Crippen MR) is 124 cm³/mol. The molecule has 0 aromatic heterocycles. The van der Waals surface area contributed by atoms with E-state index in [0.29, 0.717) is 18.9 Å². The fourth-order valence-corrected chi connectivity index (χ4v) is 2.95. The molecule has 0 radical (unpaired) electrons. The summed E-state index contributed by atoms with van der Waals surface area (Å²) in [6.45, 7) is 5.27. The molecule has 0 aliphatic carbocycles. The summed E-state index contributed by atoms with van der Waals surface area (Å²) in [6, 6.07) is 22.4. The van der Waals surface area contributed by atoms with E-state index in [1.807, 2.05) is 48.5 Å². The van der Waals surface area contributed by atoms with Gasteiger partial charge in [0.15, 0.2) is 0 Å². The Morgan fingerprint density at radius 1 is 0.871 bits per heavy atom. The van der Waals surface area contributed by atoms with Crippen molar-refractivity contribution in [2.45, 2.75) is 20.3 Å². The van der Waals surface area contributed by atoms with Crippen LogP contribution in [0, 0.1) is 13.8 Å². The van der Waals surface area contributed by atoms with E-state index in [0.717, 1.165) is 34.6 Å². The summed E-state index contributed by atoms with van der Waals surface area (Å²) in [5, 5.41) is 6.65. The van der Waals surface area contributed by atoms with Crippen molar-refractivity contribution >= 4 is 17.9 Å². The average molecular weight is 418 g/mol. The molecule has 0 atom stereocenters. The fourth-order valence-electron chi connectivity index (χ4n) is 2.95. The third kappa shape index (κ3) is 7.19. The standard InChI is InChI=1S/C25H27N3O3/c1-19-8-6-9-20(2)24(19)31-17-7-16-30-23-14-12-21(13-15-23)18-26-28-25(29)27-22-10-4-3-5-11-22/h3-6,8-15,18H,7,16-17H2,1-2H3,(H2,27,28,29)/b26-18+. The van der Waals surface area contributed by atoms with Crippen molar-refractivity contribution in [2.75, 3.05) is 18.5 Å². The summed E-state index contributed by atoms with van der Waals surface area (Å²) < 4.78 is 11.7. The third-order valence-electron chi connectivity index (χ3n) is 4.50. The van der Waals surface area contributed by atoms with Crippen LogP contribution in [0.25, 0.3) is 0 Å². The highest BCUT2D eigenvalue weighted by Gasteiger charge is 2.03. The molecule has 31 heavy (non-hydrogen) atoms. The van der Waals surface area contributed by atoms with Crippen LogP contribution in [0.15, 0.2) is 77.9 Å². The summed E-state index contributed by atoms with van der Waals surface area (Å²) in [7, 11) is 0. The SMILES string of the molecule is Cc1cccc(C)c1OCCCOc1ccc(/C=N/NC(=O)Nc2ccccc2)cc1. The van der Waals surface area contributed by atoms with E-state index in [9.17, 15) is 4.79 Å². The molecule has 6 heteroatoms. The number of para-hydroxylation sites is 2. The van der Waals surface area contributed by atoms with Crippen molar-refractivity contribution in [3.05, 3.63) is 89.5 Å². The predicted octanol–water partition coefficient (Wildman–Crippen LogP) is 5.31. The molecular weight excluding hydrogens is 390 g/mol. The van der Waals surface area contributed by atoms with Crippen LogP contribution in [-0.4, -0.2) is 25.5 Å². The zero-order valence-corrected chi connectivity index (χ0v) is 17.8. The van der Waals surface area contributed by atoms with Gasteiger partial charge in [0.05, 0.1) is 19.4 Å². The van der Waals surface area contributed by atoms with Crippen molar-refractivity contribution in [2.24, 2.45) is 5.10 Å². The van der Waals surface area contributed by atoms with Crippen LogP contribution in [0.4, 0.5) is 10.5 Å². The van der Waals surface area contributed by atoms with Crippen molar-refractivity contribution in [3.8, 4) is 11.5 Å². The second-order valence-corrected chi connectivity index (χ2v) is 7.03. The molecule has 3 aromatic rings. The van der Waals surface area contributed by atoms with Gasteiger partial charge in [-0.05, 0) is 66.9 Å². The minimum atomic E-state index is -0.398. The maximum absolute atomic E-state index is 11.8. The molecule has 0 unspecified atom stereocenters. The Labute approximate surface area is 182 Å². The second-order valence-electron chi connectivity index (χ2n) is 7.03. The largest absolute Gasteiger partial charge is 0.493 e. The van der Waals surface area contributed by atoms with Crippen LogP contribution in [0.3, 0.4) is 0 Å². The van der Waals surface area contributed by atoms with Crippen molar-refractivity contribution in [1.29, 1.82) is 0 Å². The molecule has 0 saturated heterocycles. The Kier molecular flexibility index (Phi) is 8.05. The first-order chi connectivity index (χ1) is 15.1. The van der Waals surface area contributed by atoms with Crippen LogP contribution in [0.1, 0.15) is 23.1 Å². The Hall–Kier alpha value is -3.80. The Bertz CT molecular complexity index is 982. The molecule has 0 aliphatic heterocycles. The number of hydrogen-bond donors (Lipinski definition) is 2. The van der Waals surface area contributed by atoms with Gasteiger partial charge in [0.1, 0.15) is 11.5 Å². The van der Waals surface area contributed by atoms with Crippen LogP contribution in [0.2, 0.25) is 0 Å². The van der Waals surface area contributed by atoms with Gasteiger partial charge in [-0.3, -0.25) is 0 Å².